The van der Waals surface area contributed by atoms with Crippen LogP contribution in [0.2, 0.25) is 0 Å². The summed E-state index contributed by atoms with van der Waals surface area (Å²) in [5.74, 6) is 1.26. The van der Waals surface area contributed by atoms with Crippen molar-refractivity contribution in [2.75, 3.05) is 23.7 Å². The molecule has 0 fully saturated rings. The molecule has 0 unspecified atom stereocenters. The Bertz CT molecular complexity index is 587. The molecule has 0 saturated carbocycles. The van der Waals surface area contributed by atoms with Crippen molar-refractivity contribution >= 4 is 45.6 Å². The lowest BCUT2D eigenvalue weighted by Crippen LogP contribution is -2.27. The fourth-order valence-corrected chi connectivity index (χ4v) is 2.38. The maximum Gasteiger partial charge on any atom is 0.230 e. The van der Waals surface area contributed by atoms with E-state index in [1.807, 2.05) is 4.90 Å². The molecule has 2 aromatic rings. The number of hydrogen-bond acceptors (Lipinski definition) is 5. The van der Waals surface area contributed by atoms with Crippen molar-refractivity contribution in [1.29, 1.82) is 0 Å². The topological polar surface area (TPSA) is 46.6 Å². The van der Waals surface area contributed by atoms with Gasteiger partial charge in [0.05, 0.1) is 10.5 Å². The lowest BCUT2D eigenvalue weighted by atomic mass is 10.3. The molecule has 0 amide bonds. The number of hydrogen-bond donors (Lipinski definition) is 1. The lowest BCUT2D eigenvalue weighted by molar-refractivity contribution is 0.559. The van der Waals surface area contributed by atoms with Gasteiger partial charge in [-0.25, -0.2) is 0 Å². The zero-order valence-corrected chi connectivity index (χ0v) is 12.5. The molecule has 0 aliphatic carbocycles. The van der Waals surface area contributed by atoms with Crippen molar-refractivity contribution in [3.8, 4) is 0 Å². The van der Waals surface area contributed by atoms with Crippen LogP contribution in [-0.4, -0.2) is 18.8 Å². The van der Waals surface area contributed by atoms with Crippen molar-refractivity contribution < 1.29 is 8.83 Å². The number of anilines is 1. The van der Waals surface area contributed by atoms with Crippen LogP contribution >= 0.6 is 28.6 Å². The van der Waals surface area contributed by atoms with Gasteiger partial charge in [-0.15, -0.1) is 0 Å². The van der Waals surface area contributed by atoms with Crippen molar-refractivity contribution in [3.63, 3.8) is 0 Å². The lowest BCUT2D eigenvalue weighted by Gasteiger charge is -2.21. The average molecular weight is 332 g/mol. The first-order valence-corrected chi connectivity index (χ1v) is 7.16. The first kappa shape index (κ1) is 13.5. The van der Waals surface area contributed by atoms with Gasteiger partial charge in [0.25, 0.3) is 0 Å². The summed E-state index contributed by atoms with van der Waals surface area (Å²) in [4.78, 5) is 13.9. The number of furan rings is 1. The minimum absolute atomic E-state index is 0.169. The normalized spacial score (nSPS) is 11.1. The average Bonchev–Trinajstić information content (AvgIpc) is 2.72. The summed E-state index contributed by atoms with van der Waals surface area (Å²) in [5, 5.41) is 0. The second kappa shape index (κ2) is 5.84. The van der Waals surface area contributed by atoms with Crippen LogP contribution in [0.5, 0.6) is 0 Å². The van der Waals surface area contributed by atoms with E-state index in [1.165, 1.54) is 12.3 Å². The molecule has 0 atom stereocenters. The molecule has 2 rings (SSSR count). The van der Waals surface area contributed by atoms with E-state index in [-0.39, 0.29) is 11.0 Å². The summed E-state index contributed by atoms with van der Waals surface area (Å²) in [6.07, 6.45) is 2.43. The van der Waals surface area contributed by atoms with Crippen LogP contribution in [-0.2, 0) is 0 Å². The molecule has 6 heteroatoms. The van der Waals surface area contributed by atoms with Gasteiger partial charge in [0, 0.05) is 18.8 Å². The summed E-state index contributed by atoms with van der Waals surface area (Å²) in [6, 6.07) is 1.47. The number of nitrogens with zero attached hydrogens (tertiary/aromatic N) is 1. The highest BCUT2D eigenvalue weighted by Crippen LogP contribution is 2.27. The van der Waals surface area contributed by atoms with Crippen LogP contribution in [0.15, 0.2) is 30.4 Å². The van der Waals surface area contributed by atoms with E-state index in [0.29, 0.717) is 21.7 Å². The van der Waals surface area contributed by atoms with Crippen molar-refractivity contribution in [3.05, 3.63) is 27.0 Å². The van der Waals surface area contributed by atoms with Gasteiger partial charge in [-0.05, 0) is 22.4 Å². The Morgan fingerprint density at radius 2 is 2.17 bits per heavy atom. The Balaban J connectivity index is 2.49. The molecular formula is C12H14BrNO3S. The minimum atomic E-state index is -0.169. The van der Waals surface area contributed by atoms with Crippen LogP contribution < -0.4 is 10.3 Å². The van der Waals surface area contributed by atoms with Gasteiger partial charge >= 0.3 is 0 Å². The molecule has 0 spiro atoms. The molecule has 2 aromatic heterocycles. The van der Waals surface area contributed by atoms with Crippen LogP contribution in [0.3, 0.4) is 0 Å². The number of rotatable bonds is 5. The molecule has 0 saturated heterocycles. The van der Waals surface area contributed by atoms with Gasteiger partial charge in [0.2, 0.25) is 11.0 Å². The Labute approximate surface area is 118 Å². The first-order chi connectivity index (χ1) is 8.67. The molecule has 0 bridgehead atoms. The maximum absolute atomic E-state index is 11.9. The third-order valence-corrected chi connectivity index (χ3v) is 3.31. The predicted molar refractivity (Wildman–Crippen MR) is 78.8 cm³/mol. The van der Waals surface area contributed by atoms with E-state index >= 15 is 0 Å². The van der Waals surface area contributed by atoms with Crippen LogP contribution in [0, 0.1) is 0 Å². The zero-order valence-electron chi connectivity index (χ0n) is 9.98. The Morgan fingerprint density at radius 1 is 1.39 bits per heavy atom. The smallest absolute Gasteiger partial charge is 0.230 e. The van der Waals surface area contributed by atoms with Gasteiger partial charge in [-0.1, -0.05) is 6.92 Å². The number of halogens is 1. The second-order valence-electron chi connectivity index (χ2n) is 3.90. The summed E-state index contributed by atoms with van der Waals surface area (Å²) in [5.41, 5.74) is 0.530. The third-order valence-electron chi connectivity index (χ3n) is 2.56. The van der Waals surface area contributed by atoms with E-state index in [0.717, 1.165) is 19.5 Å². The Kier molecular flexibility index (Phi) is 4.40. The van der Waals surface area contributed by atoms with Crippen molar-refractivity contribution in [2.24, 2.45) is 0 Å². The van der Waals surface area contributed by atoms with Gasteiger partial charge in [0.1, 0.15) is 6.26 Å². The fraction of sp³-hybridized carbons (Fsp3) is 0.417. The number of fused-ring (bicyclic) bond motifs is 1. The summed E-state index contributed by atoms with van der Waals surface area (Å²) >= 11 is 7.52. The second-order valence-corrected chi connectivity index (χ2v) is 5.20. The standard InChI is InChI=1S/C12H14BrNO3S/c1-2-3-14(4-5-18)10-6-9(15)12-11(17-10)8(13)7-16-12/h6-7,18H,2-5H2,1H3. The minimum Gasteiger partial charge on any atom is -0.456 e. The molecule has 0 aliphatic rings. The highest BCUT2D eigenvalue weighted by Gasteiger charge is 2.15. The quantitative estimate of drug-likeness (QED) is 0.854. The SMILES string of the molecule is CCCN(CCS)c1cc(=O)c2occ(Br)c2o1. The number of thiol groups is 1. The van der Waals surface area contributed by atoms with Crippen LogP contribution in [0.4, 0.5) is 5.88 Å². The zero-order chi connectivity index (χ0) is 13.1. The predicted octanol–water partition coefficient (Wildman–Crippen LogP) is 3.29. The summed E-state index contributed by atoms with van der Waals surface area (Å²) in [7, 11) is 0. The molecular weight excluding hydrogens is 318 g/mol. The highest BCUT2D eigenvalue weighted by molar-refractivity contribution is 9.10. The van der Waals surface area contributed by atoms with E-state index in [1.54, 1.807) is 0 Å². The largest absolute Gasteiger partial charge is 0.456 e. The van der Waals surface area contributed by atoms with Gasteiger partial charge < -0.3 is 13.7 Å². The molecule has 4 nitrogen and oxygen atoms in total. The van der Waals surface area contributed by atoms with E-state index < -0.39 is 0 Å². The fourth-order valence-electron chi connectivity index (χ4n) is 1.78. The van der Waals surface area contributed by atoms with E-state index in [4.69, 9.17) is 8.83 Å². The van der Waals surface area contributed by atoms with Crippen molar-refractivity contribution in [1.82, 2.24) is 0 Å². The Hall–Kier alpha value is -0.880. The molecule has 2 heterocycles. The molecule has 0 aliphatic heterocycles. The molecule has 98 valence electrons. The van der Waals surface area contributed by atoms with Gasteiger partial charge in [-0.2, -0.15) is 12.6 Å². The molecule has 18 heavy (non-hydrogen) atoms. The van der Waals surface area contributed by atoms with Gasteiger partial charge in [0.15, 0.2) is 11.5 Å². The summed E-state index contributed by atoms with van der Waals surface area (Å²) < 4.78 is 11.5. The maximum atomic E-state index is 11.9. The van der Waals surface area contributed by atoms with Crippen LogP contribution in [0.25, 0.3) is 11.2 Å². The molecule has 0 radical (unpaired) electrons. The van der Waals surface area contributed by atoms with E-state index in [9.17, 15) is 4.79 Å². The molecule has 0 N–H and O–H groups in total. The van der Waals surface area contributed by atoms with E-state index in [2.05, 4.69) is 35.5 Å². The highest BCUT2D eigenvalue weighted by atomic mass is 79.9. The van der Waals surface area contributed by atoms with Gasteiger partial charge in [-0.3, -0.25) is 4.79 Å². The monoisotopic (exact) mass is 331 g/mol. The van der Waals surface area contributed by atoms with Crippen LogP contribution in [0.1, 0.15) is 13.3 Å². The summed E-state index contributed by atoms with van der Waals surface area (Å²) in [6.45, 7) is 3.64. The Morgan fingerprint density at radius 3 is 2.83 bits per heavy atom. The van der Waals surface area contributed by atoms with Crippen molar-refractivity contribution in [2.45, 2.75) is 13.3 Å². The first-order valence-electron chi connectivity index (χ1n) is 5.74. The molecule has 0 aromatic carbocycles. The third kappa shape index (κ3) is 2.59.